The van der Waals surface area contributed by atoms with Gasteiger partial charge in [-0.15, -0.1) is 0 Å². The van der Waals surface area contributed by atoms with Crippen LogP contribution in [0.4, 0.5) is 0 Å². The molecule has 0 fully saturated rings. The molecule has 4 nitrogen and oxygen atoms in total. The number of hydrogen-bond donors (Lipinski definition) is 2. The third-order valence-electron chi connectivity index (χ3n) is 2.34. The molecule has 15 heavy (non-hydrogen) atoms. The summed E-state index contributed by atoms with van der Waals surface area (Å²) in [5.41, 5.74) is 1.06. The minimum absolute atomic E-state index is 0.125. The van der Waals surface area contributed by atoms with Crippen molar-refractivity contribution in [3.05, 3.63) is 30.1 Å². The van der Waals surface area contributed by atoms with Crippen LogP contribution in [0, 0.1) is 5.92 Å². The van der Waals surface area contributed by atoms with Crippen LogP contribution in [0.2, 0.25) is 0 Å². The number of carboxylic acid groups (broad SMARTS) is 1. The Morgan fingerprint density at radius 2 is 2.33 bits per heavy atom. The third-order valence-corrected chi connectivity index (χ3v) is 2.34. The second-order valence-electron chi connectivity index (χ2n) is 3.66. The summed E-state index contributed by atoms with van der Waals surface area (Å²) in [5.74, 6) is -1.15. The number of nitrogens with zero attached hydrogens (tertiary/aromatic N) is 1. The van der Waals surface area contributed by atoms with Gasteiger partial charge in [0, 0.05) is 25.0 Å². The number of pyridine rings is 1. The maximum Gasteiger partial charge on any atom is 0.307 e. The third kappa shape index (κ3) is 3.67. The van der Waals surface area contributed by atoms with Gasteiger partial charge in [0.15, 0.2) is 0 Å². The zero-order valence-corrected chi connectivity index (χ0v) is 8.97. The van der Waals surface area contributed by atoms with Crippen LogP contribution in [-0.2, 0) is 4.79 Å². The van der Waals surface area contributed by atoms with Gasteiger partial charge in [-0.1, -0.05) is 13.0 Å². The van der Waals surface area contributed by atoms with Gasteiger partial charge in [-0.3, -0.25) is 9.78 Å². The smallest absolute Gasteiger partial charge is 0.307 e. The molecule has 4 heteroatoms. The van der Waals surface area contributed by atoms with Crippen molar-refractivity contribution in [2.24, 2.45) is 5.92 Å². The molecule has 1 heterocycles. The summed E-state index contributed by atoms with van der Waals surface area (Å²) >= 11 is 0. The molecule has 1 rings (SSSR count). The summed E-state index contributed by atoms with van der Waals surface area (Å²) in [5, 5.41) is 11.9. The van der Waals surface area contributed by atoms with Crippen LogP contribution in [0.15, 0.2) is 24.5 Å². The molecule has 0 aliphatic carbocycles. The van der Waals surface area contributed by atoms with E-state index in [1.54, 1.807) is 19.3 Å². The van der Waals surface area contributed by atoms with Gasteiger partial charge in [0.2, 0.25) is 0 Å². The maximum absolute atomic E-state index is 10.6. The largest absolute Gasteiger partial charge is 0.481 e. The molecule has 1 aromatic heterocycles. The standard InChI is InChI=1S/C11H16N2O2/c1-8(11(14)15)6-13-9(2)10-4-3-5-12-7-10/h3-5,7-9,13H,6H2,1-2H3,(H,14,15). The lowest BCUT2D eigenvalue weighted by Gasteiger charge is -2.15. The Labute approximate surface area is 89.3 Å². The quantitative estimate of drug-likeness (QED) is 0.768. The van der Waals surface area contributed by atoms with Crippen LogP contribution < -0.4 is 5.32 Å². The Balaban J connectivity index is 2.43. The van der Waals surface area contributed by atoms with Crippen LogP contribution in [0.1, 0.15) is 25.5 Å². The minimum atomic E-state index is -0.777. The van der Waals surface area contributed by atoms with Gasteiger partial charge in [-0.2, -0.15) is 0 Å². The first-order valence-corrected chi connectivity index (χ1v) is 4.97. The van der Waals surface area contributed by atoms with E-state index in [0.29, 0.717) is 6.54 Å². The fraction of sp³-hybridized carbons (Fsp3) is 0.455. The first-order valence-electron chi connectivity index (χ1n) is 4.97. The fourth-order valence-electron chi connectivity index (χ4n) is 1.19. The topological polar surface area (TPSA) is 62.2 Å². The van der Waals surface area contributed by atoms with Crippen molar-refractivity contribution in [2.45, 2.75) is 19.9 Å². The van der Waals surface area contributed by atoms with E-state index in [1.807, 2.05) is 19.1 Å². The Morgan fingerprint density at radius 1 is 1.60 bits per heavy atom. The molecular formula is C11H16N2O2. The van der Waals surface area contributed by atoms with Crippen LogP contribution in [0.3, 0.4) is 0 Å². The predicted octanol–water partition coefficient (Wildman–Crippen LogP) is 1.45. The number of carboxylic acids is 1. The number of rotatable bonds is 5. The van der Waals surface area contributed by atoms with Gasteiger partial charge in [-0.25, -0.2) is 0 Å². The number of nitrogens with one attached hydrogen (secondary N) is 1. The van der Waals surface area contributed by atoms with Crippen molar-refractivity contribution < 1.29 is 9.90 Å². The van der Waals surface area contributed by atoms with Gasteiger partial charge in [0.05, 0.1) is 5.92 Å². The van der Waals surface area contributed by atoms with Crippen molar-refractivity contribution in [1.29, 1.82) is 0 Å². The van der Waals surface area contributed by atoms with E-state index in [1.165, 1.54) is 0 Å². The highest BCUT2D eigenvalue weighted by Crippen LogP contribution is 2.10. The second kappa shape index (κ2) is 5.46. The normalized spacial score (nSPS) is 14.5. The van der Waals surface area contributed by atoms with Crippen LogP contribution in [0.25, 0.3) is 0 Å². The molecule has 0 aromatic carbocycles. The van der Waals surface area contributed by atoms with Gasteiger partial charge < -0.3 is 10.4 Å². The molecular weight excluding hydrogens is 192 g/mol. The Bertz CT molecular complexity index is 314. The zero-order valence-electron chi connectivity index (χ0n) is 8.97. The molecule has 2 atom stereocenters. The molecule has 0 aliphatic heterocycles. The molecule has 2 unspecified atom stereocenters. The Kier molecular flexibility index (Phi) is 4.24. The molecule has 0 saturated carbocycles. The lowest BCUT2D eigenvalue weighted by molar-refractivity contribution is -0.140. The van der Waals surface area contributed by atoms with Crippen LogP contribution in [0.5, 0.6) is 0 Å². The van der Waals surface area contributed by atoms with Gasteiger partial charge in [-0.05, 0) is 18.6 Å². The van der Waals surface area contributed by atoms with E-state index >= 15 is 0 Å². The number of aromatic nitrogens is 1. The number of hydrogen-bond acceptors (Lipinski definition) is 3. The van der Waals surface area contributed by atoms with Gasteiger partial charge >= 0.3 is 5.97 Å². The van der Waals surface area contributed by atoms with Gasteiger partial charge in [0.25, 0.3) is 0 Å². The molecule has 0 saturated heterocycles. The average Bonchev–Trinajstić information content (AvgIpc) is 2.26. The van der Waals surface area contributed by atoms with Crippen LogP contribution in [-0.4, -0.2) is 22.6 Å². The van der Waals surface area contributed by atoms with Crippen molar-refractivity contribution >= 4 is 5.97 Å². The second-order valence-corrected chi connectivity index (χ2v) is 3.66. The summed E-state index contributed by atoms with van der Waals surface area (Å²) in [6, 6.07) is 3.96. The molecule has 0 radical (unpaired) electrons. The summed E-state index contributed by atoms with van der Waals surface area (Å²) in [6.07, 6.45) is 3.50. The molecule has 2 N–H and O–H groups in total. The predicted molar refractivity (Wildman–Crippen MR) is 57.5 cm³/mol. The molecule has 82 valence electrons. The lowest BCUT2D eigenvalue weighted by Crippen LogP contribution is -2.28. The Morgan fingerprint density at radius 3 is 2.87 bits per heavy atom. The molecule has 0 bridgehead atoms. The minimum Gasteiger partial charge on any atom is -0.481 e. The van der Waals surface area contributed by atoms with E-state index in [4.69, 9.17) is 5.11 Å². The maximum atomic E-state index is 10.6. The number of aliphatic carboxylic acids is 1. The molecule has 0 amide bonds. The summed E-state index contributed by atoms with van der Waals surface area (Å²) in [6.45, 7) is 4.14. The highest BCUT2D eigenvalue weighted by Gasteiger charge is 2.12. The fourth-order valence-corrected chi connectivity index (χ4v) is 1.19. The van der Waals surface area contributed by atoms with E-state index in [9.17, 15) is 4.79 Å². The highest BCUT2D eigenvalue weighted by atomic mass is 16.4. The van der Waals surface area contributed by atoms with Crippen molar-refractivity contribution in [2.75, 3.05) is 6.54 Å². The van der Waals surface area contributed by atoms with Crippen molar-refractivity contribution in [3.8, 4) is 0 Å². The number of carbonyl (C=O) groups is 1. The first-order chi connectivity index (χ1) is 7.11. The highest BCUT2D eigenvalue weighted by molar-refractivity contribution is 5.69. The van der Waals surface area contributed by atoms with Crippen LogP contribution >= 0.6 is 0 Å². The summed E-state index contributed by atoms with van der Waals surface area (Å²) in [7, 11) is 0. The van der Waals surface area contributed by atoms with Crippen molar-refractivity contribution in [3.63, 3.8) is 0 Å². The average molecular weight is 208 g/mol. The zero-order chi connectivity index (χ0) is 11.3. The summed E-state index contributed by atoms with van der Waals surface area (Å²) in [4.78, 5) is 14.6. The molecule has 0 spiro atoms. The first kappa shape index (κ1) is 11.7. The Hall–Kier alpha value is -1.42. The monoisotopic (exact) mass is 208 g/mol. The van der Waals surface area contributed by atoms with E-state index < -0.39 is 5.97 Å². The van der Waals surface area contributed by atoms with E-state index in [-0.39, 0.29) is 12.0 Å². The molecule has 0 aliphatic rings. The summed E-state index contributed by atoms with van der Waals surface area (Å²) < 4.78 is 0. The van der Waals surface area contributed by atoms with Crippen molar-refractivity contribution in [1.82, 2.24) is 10.3 Å². The SMILES string of the molecule is CC(CNC(C)c1cccnc1)C(=O)O. The van der Waals surface area contributed by atoms with Gasteiger partial charge in [0.1, 0.15) is 0 Å². The van der Waals surface area contributed by atoms with E-state index in [2.05, 4.69) is 10.3 Å². The molecule has 1 aromatic rings. The van der Waals surface area contributed by atoms with E-state index in [0.717, 1.165) is 5.56 Å². The lowest BCUT2D eigenvalue weighted by atomic mass is 10.1.